The summed E-state index contributed by atoms with van der Waals surface area (Å²) >= 11 is 2.33. The molecule has 1 aliphatic rings. The number of fused-ring (bicyclic) bond motifs is 1. The summed E-state index contributed by atoms with van der Waals surface area (Å²) in [5.74, 6) is 0. The fourth-order valence-electron chi connectivity index (χ4n) is 2.62. The number of hydrogen-bond donors (Lipinski definition) is 0. The molecule has 0 amide bonds. The number of rotatable bonds is 0. The van der Waals surface area contributed by atoms with Crippen molar-refractivity contribution in [2.24, 2.45) is 0 Å². The largest absolute Gasteiger partial charge is 0.246 e. The summed E-state index contributed by atoms with van der Waals surface area (Å²) in [7, 11) is 0. The summed E-state index contributed by atoms with van der Waals surface area (Å²) in [6.07, 6.45) is -0.136. The standard InChI is InChI=1S/C14H18FI/c1-13(2)8-12(15)14(3,4)10-6-5-9(16)7-11(10)13/h5-7,12H,8H2,1-4H3. The van der Waals surface area contributed by atoms with E-state index in [1.807, 2.05) is 13.8 Å². The summed E-state index contributed by atoms with van der Waals surface area (Å²) in [5, 5.41) is 0. The van der Waals surface area contributed by atoms with Crippen LogP contribution in [0.3, 0.4) is 0 Å². The van der Waals surface area contributed by atoms with E-state index in [1.54, 1.807) is 0 Å². The Morgan fingerprint density at radius 3 is 2.44 bits per heavy atom. The highest BCUT2D eigenvalue weighted by atomic mass is 127. The predicted molar refractivity (Wildman–Crippen MR) is 74.7 cm³/mol. The van der Waals surface area contributed by atoms with E-state index in [2.05, 4.69) is 54.6 Å². The highest BCUT2D eigenvalue weighted by molar-refractivity contribution is 14.1. The third-order valence-electron chi connectivity index (χ3n) is 3.88. The summed E-state index contributed by atoms with van der Waals surface area (Å²) in [6.45, 7) is 8.31. The van der Waals surface area contributed by atoms with Gasteiger partial charge in [-0.1, -0.05) is 33.8 Å². The molecule has 0 radical (unpaired) electrons. The van der Waals surface area contributed by atoms with E-state index >= 15 is 0 Å². The molecule has 1 aliphatic carbocycles. The van der Waals surface area contributed by atoms with Crippen molar-refractivity contribution in [3.8, 4) is 0 Å². The lowest BCUT2D eigenvalue weighted by molar-refractivity contribution is 0.149. The monoisotopic (exact) mass is 332 g/mol. The third kappa shape index (κ3) is 1.79. The van der Waals surface area contributed by atoms with Crippen LogP contribution in [0.2, 0.25) is 0 Å². The molecule has 0 aliphatic heterocycles. The first-order chi connectivity index (χ1) is 7.25. The van der Waals surface area contributed by atoms with E-state index in [-0.39, 0.29) is 10.8 Å². The molecule has 0 heterocycles. The van der Waals surface area contributed by atoms with E-state index in [4.69, 9.17) is 0 Å². The predicted octanol–water partition coefficient (Wildman–Crippen LogP) is 4.59. The van der Waals surface area contributed by atoms with Gasteiger partial charge in [-0.05, 0) is 57.7 Å². The molecular weight excluding hydrogens is 314 g/mol. The fourth-order valence-corrected chi connectivity index (χ4v) is 3.11. The van der Waals surface area contributed by atoms with Gasteiger partial charge in [-0.25, -0.2) is 4.39 Å². The van der Waals surface area contributed by atoms with Crippen molar-refractivity contribution in [3.05, 3.63) is 32.9 Å². The minimum atomic E-state index is -0.755. The number of alkyl halides is 1. The van der Waals surface area contributed by atoms with Gasteiger partial charge in [0.2, 0.25) is 0 Å². The number of hydrogen-bond acceptors (Lipinski definition) is 0. The van der Waals surface area contributed by atoms with E-state index in [1.165, 1.54) is 14.7 Å². The summed E-state index contributed by atoms with van der Waals surface area (Å²) in [5.41, 5.74) is 2.09. The van der Waals surface area contributed by atoms with Crippen molar-refractivity contribution in [1.29, 1.82) is 0 Å². The average Bonchev–Trinajstić information content (AvgIpc) is 2.14. The third-order valence-corrected chi connectivity index (χ3v) is 4.55. The normalized spacial score (nSPS) is 26.2. The maximum Gasteiger partial charge on any atom is 0.110 e. The molecule has 0 saturated carbocycles. The highest BCUT2D eigenvalue weighted by Crippen LogP contribution is 2.47. The molecule has 1 aromatic rings. The van der Waals surface area contributed by atoms with Gasteiger partial charge in [0.05, 0.1) is 0 Å². The minimum absolute atomic E-state index is 0.0501. The molecule has 0 aromatic heterocycles. The Hall–Kier alpha value is -0.120. The second kappa shape index (κ2) is 3.69. The summed E-state index contributed by atoms with van der Waals surface area (Å²) in [6, 6.07) is 6.39. The van der Waals surface area contributed by atoms with Crippen LogP contribution in [-0.2, 0) is 10.8 Å². The molecule has 0 fully saturated rings. The lowest BCUT2D eigenvalue weighted by Gasteiger charge is -2.44. The quantitative estimate of drug-likeness (QED) is 0.610. The average molecular weight is 332 g/mol. The second-order valence-electron chi connectivity index (χ2n) is 5.97. The Kier molecular flexibility index (Phi) is 2.84. The zero-order chi connectivity index (χ0) is 12.1. The van der Waals surface area contributed by atoms with Crippen LogP contribution in [0.5, 0.6) is 0 Å². The van der Waals surface area contributed by atoms with E-state index in [9.17, 15) is 4.39 Å². The first-order valence-corrected chi connectivity index (χ1v) is 6.77. The van der Waals surface area contributed by atoms with Crippen molar-refractivity contribution in [1.82, 2.24) is 0 Å². The van der Waals surface area contributed by atoms with Crippen LogP contribution in [0, 0.1) is 3.57 Å². The molecule has 1 aromatic carbocycles. The van der Waals surface area contributed by atoms with Gasteiger partial charge in [-0.15, -0.1) is 0 Å². The van der Waals surface area contributed by atoms with Crippen LogP contribution in [-0.4, -0.2) is 6.17 Å². The van der Waals surface area contributed by atoms with Crippen LogP contribution < -0.4 is 0 Å². The minimum Gasteiger partial charge on any atom is -0.246 e. The van der Waals surface area contributed by atoms with Crippen LogP contribution >= 0.6 is 22.6 Å². The molecule has 0 spiro atoms. The van der Waals surface area contributed by atoms with Gasteiger partial charge in [-0.3, -0.25) is 0 Å². The molecule has 0 nitrogen and oxygen atoms in total. The molecule has 2 heteroatoms. The topological polar surface area (TPSA) is 0 Å². The van der Waals surface area contributed by atoms with Crippen molar-refractivity contribution in [2.75, 3.05) is 0 Å². The van der Waals surface area contributed by atoms with Crippen LogP contribution in [0.1, 0.15) is 45.2 Å². The van der Waals surface area contributed by atoms with Crippen molar-refractivity contribution < 1.29 is 4.39 Å². The lowest BCUT2D eigenvalue weighted by Crippen LogP contribution is -2.42. The molecule has 2 rings (SSSR count). The summed E-state index contributed by atoms with van der Waals surface area (Å²) in [4.78, 5) is 0. The molecule has 16 heavy (non-hydrogen) atoms. The van der Waals surface area contributed by atoms with Crippen LogP contribution in [0.15, 0.2) is 18.2 Å². The Bertz CT molecular complexity index is 421. The molecule has 0 N–H and O–H groups in total. The number of benzene rings is 1. The Labute approximate surface area is 111 Å². The zero-order valence-corrected chi connectivity index (χ0v) is 12.4. The van der Waals surface area contributed by atoms with Gasteiger partial charge in [0, 0.05) is 8.99 Å². The van der Waals surface area contributed by atoms with Crippen molar-refractivity contribution in [2.45, 2.75) is 51.1 Å². The summed E-state index contributed by atoms with van der Waals surface area (Å²) < 4.78 is 15.5. The first-order valence-electron chi connectivity index (χ1n) is 5.70. The Balaban J connectivity index is 2.67. The fraction of sp³-hybridized carbons (Fsp3) is 0.571. The molecule has 88 valence electrons. The van der Waals surface area contributed by atoms with Crippen molar-refractivity contribution in [3.63, 3.8) is 0 Å². The Morgan fingerprint density at radius 2 is 1.81 bits per heavy atom. The Morgan fingerprint density at radius 1 is 1.19 bits per heavy atom. The SMILES string of the molecule is CC1(C)CC(F)C(C)(C)c2ccc(I)cc21. The van der Waals surface area contributed by atoms with Gasteiger partial charge >= 0.3 is 0 Å². The van der Waals surface area contributed by atoms with Gasteiger partial charge in [-0.2, -0.15) is 0 Å². The van der Waals surface area contributed by atoms with Crippen LogP contribution in [0.25, 0.3) is 0 Å². The molecule has 1 atom stereocenters. The van der Waals surface area contributed by atoms with E-state index < -0.39 is 6.17 Å². The van der Waals surface area contributed by atoms with Gasteiger partial charge < -0.3 is 0 Å². The second-order valence-corrected chi connectivity index (χ2v) is 7.21. The molecule has 1 unspecified atom stereocenters. The van der Waals surface area contributed by atoms with E-state index in [0.29, 0.717) is 6.42 Å². The zero-order valence-electron chi connectivity index (χ0n) is 10.3. The van der Waals surface area contributed by atoms with Gasteiger partial charge in [0.15, 0.2) is 0 Å². The smallest absolute Gasteiger partial charge is 0.110 e. The first kappa shape index (κ1) is 12.3. The molecule has 0 bridgehead atoms. The lowest BCUT2D eigenvalue weighted by atomic mass is 9.62. The maximum atomic E-state index is 14.2. The van der Waals surface area contributed by atoms with E-state index in [0.717, 1.165) is 0 Å². The number of halogens is 2. The van der Waals surface area contributed by atoms with Gasteiger partial charge in [0.25, 0.3) is 0 Å². The maximum absolute atomic E-state index is 14.2. The molecular formula is C14H18FI. The highest BCUT2D eigenvalue weighted by Gasteiger charge is 2.44. The van der Waals surface area contributed by atoms with Crippen LogP contribution in [0.4, 0.5) is 4.39 Å². The van der Waals surface area contributed by atoms with Crippen molar-refractivity contribution >= 4 is 22.6 Å². The van der Waals surface area contributed by atoms with Gasteiger partial charge in [0.1, 0.15) is 6.17 Å². The molecule has 0 saturated heterocycles.